The van der Waals surface area contributed by atoms with E-state index in [4.69, 9.17) is 4.74 Å². The zero-order chi connectivity index (χ0) is 14.8. The molecule has 1 saturated heterocycles. The summed E-state index contributed by atoms with van der Waals surface area (Å²) in [7, 11) is 0. The lowest BCUT2D eigenvalue weighted by Crippen LogP contribution is -2.42. The van der Waals surface area contributed by atoms with Crippen LogP contribution >= 0.6 is 0 Å². The summed E-state index contributed by atoms with van der Waals surface area (Å²) in [6.45, 7) is 12.0. The van der Waals surface area contributed by atoms with Crippen molar-refractivity contribution in [3.05, 3.63) is 0 Å². The number of hydrogen-bond donors (Lipinski definition) is 2. The third-order valence-corrected chi connectivity index (χ3v) is 3.81. The Morgan fingerprint density at radius 1 is 1.20 bits per heavy atom. The molecule has 0 aliphatic carbocycles. The van der Waals surface area contributed by atoms with Gasteiger partial charge < -0.3 is 20.1 Å². The van der Waals surface area contributed by atoms with Gasteiger partial charge in [0, 0.05) is 25.7 Å². The van der Waals surface area contributed by atoms with E-state index in [0.29, 0.717) is 19.2 Å². The number of aliphatic hydroxyl groups excluding tert-OH is 1. The van der Waals surface area contributed by atoms with Gasteiger partial charge in [-0.1, -0.05) is 13.8 Å². The van der Waals surface area contributed by atoms with E-state index in [2.05, 4.69) is 31.0 Å². The summed E-state index contributed by atoms with van der Waals surface area (Å²) >= 11 is 0. The second-order valence-electron chi connectivity index (χ2n) is 6.58. The normalized spacial score (nSPS) is 19.6. The summed E-state index contributed by atoms with van der Waals surface area (Å²) < 4.78 is 5.51. The molecule has 0 aromatic rings. The van der Waals surface area contributed by atoms with Crippen molar-refractivity contribution in [1.82, 2.24) is 10.2 Å². The van der Waals surface area contributed by atoms with Gasteiger partial charge in [-0.2, -0.15) is 0 Å². The molecule has 1 heterocycles. The van der Waals surface area contributed by atoms with Crippen LogP contribution in [0.15, 0.2) is 0 Å². The first-order valence-corrected chi connectivity index (χ1v) is 8.29. The molecule has 0 aromatic carbocycles. The Morgan fingerprint density at radius 3 is 2.55 bits per heavy atom. The second-order valence-corrected chi connectivity index (χ2v) is 6.58. The number of nitrogens with zero attached hydrogens (tertiary/aromatic N) is 1. The minimum Gasteiger partial charge on any atom is -0.389 e. The van der Waals surface area contributed by atoms with E-state index in [-0.39, 0.29) is 0 Å². The van der Waals surface area contributed by atoms with E-state index in [1.807, 2.05) is 0 Å². The van der Waals surface area contributed by atoms with E-state index >= 15 is 0 Å². The molecule has 4 heteroatoms. The summed E-state index contributed by atoms with van der Waals surface area (Å²) in [4.78, 5) is 2.49. The fourth-order valence-corrected chi connectivity index (χ4v) is 2.63. The molecule has 1 aliphatic heterocycles. The summed E-state index contributed by atoms with van der Waals surface area (Å²) in [5, 5.41) is 13.3. The van der Waals surface area contributed by atoms with Crippen molar-refractivity contribution < 1.29 is 9.84 Å². The molecule has 20 heavy (non-hydrogen) atoms. The number of ether oxygens (including phenoxy) is 1. The molecule has 0 amide bonds. The highest BCUT2D eigenvalue weighted by Crippen LogP contribution is 2.07. The van der Waals surface area contributed by atoms with Gasteiger partial charge in [-0.25, -0.2) is 0 Å². The smallest absolute Gasteiger partial charge is 0.0897 e. The topological polar surface area (TPSA) is 44.7 Å². The maximum absolute atomic E-state index is 9.87. The summed E-state index contributed by atoms with van der Waals surface area (Å²) in [6.07, 6.45) is 4.55. The maximum Gasteiger partial charge on any atom is 0.0897 e. The molecule has 2 N–H and O–H groups in total. The van der Waals surface area contributed by atoms with Crippen molar-refractivity contribution in [2.75, 3.05) is 39.4 Å². The summed E-state index contributed by atoms with van der Waals surface area (Å²) in [5.41, 5.74) is 0. The molecule has 0 saturated carbocycles. The Kier molecular flexibility index (Phi) is 9.44. The SMILES string of the molecule is CC(C)CCCOCC(O)CNC(C)CN1CCCC1. The van der Waals surface area contributed by atoms with E-state index in [0.717, 1.165) is 25.5 Å². The summed E-state index contributed by atoms with van der Waals surface area (Å²) in [6, 6.07) is 0.434. The largest absolute Gasteiger partial charge is 0.389 e. The van der Waals surface area contributed by atoms with E-state index in [1.165, 1.54) is 32.4 Å². The Balaban J connectivity index is 1.94. The van der Waals surface area contributed by atoms with Crippen LogP contribution in [0.3, 0.4) is 0 Å². The van der Waals surface area contributed by atoms with Crippen LogP contribution in [0.4, 0.5) is 0 Å². The Labute approximate surface area is 124 Å². The molecule has 4 nitrogen and oxygen atoms in total. The van der Waals surface area contributed by atoms with Gasteiger partial charge in [-0.15, -0.1) is 0 Å². The molecule has 120 valence electrons. The van der Waals surface area contributed by atoms with Crippen LogP contribution in [0.5, 0.6) is 0 Å². The zero-order valence-electron chi connectivity index (χ0n) is 13.6. The van der Waals surface area contributed by atoms with Gasteiger partial charge in [-0.05, 0) is 51.6 Å². The standard InChI is InChI=1S/C16H34N2O2/c1-14(2)7-6-10-20-13-16(19)11-17-15(3)12-18-8-4-5-9-18/h14-17,19H,4-13H2,1-3H3. The van der Waals surface area contributed by atoms with Crippen LogP contribution in [-0.2, 0) is 4.74 Å². The van der Waals surface area contributed by atoms with Crippen molar-refractivity contribution >= 4 is 0 Å². The van der Waals surface area contributed by atoms with Gasteiger partial charge in [0.25, 0.3) is 0 Å². The van der Waals surface area contributed by atoms with Gasteiger partial charge in [0.15, 0.2) is 0 Å². The van der Waals surface area contributed by atoms with Gasteiger partial charge in [-0.3, -0.25) is 0 Å². The fourth-order valence-electron chi connectivity index (χ4n) is 2.63. The van der Waals surface area contributed by atoms with Crippen molar-refractivity contribution in [3.63, 3.8) is 0 Å². The molecule has 0 spiro atoms. The van der Waals surface area contributed by atoms with Gasteiger partial charge in [0.1, 0.15) is 0 Å². The predicted octanol–water partition coefficient (Wildman–Crippen LogP) is 1.87. The van der Waals surface area contributed by atoms with Gasteiger partial charge in [0.05, 0.1) is 12.7 Å². The van der Waals surface area contributed by atoms with Crippen molar-refractivity contribution in [1.29, 1.82) is 0 Å². The highest BCUT2D eigenvalue weighted by Gasteiger charge is 2.15. The molecular formula is C16H34N2O2. The zero-order valence-corrected chi connectivity index (χ0v) is 13.6. The molecule has 1 aliphatic rings. The minimum atomic E-state index is -0.393. The lowest BCUT2D eigenvalue weighted by molar-refractivity contribution is 0.0332. The number of nitrogens with one attached hydrogen (secondary N) is 1. The molecule has 0 bridgehead atoms. The predicted molar refractivity (Wildman–Crippen MR) is 84.0 cm³/mol. The molecule has 0 radical (unpaired) electrons. The fraction of sp³-hybridized carbons (Fsp3) is 1.00. The molecule has 1 fully saturated rings. The molecular weight excluding hydrogens is 252 g/mol. The van der Waals surface area contributed by atoms with Crippen LogP contribution in [0, 0.1) is 5.92 Å². The third-order valence-electron chi connectivity index (χ3n) is 3.81. The second kappa shape index (κ2) is 10.6. The van der Waals surface area contributed by atoms with E-state index in [1.54, 1.807) is 0 Å². The number of hydrogen-bond acceptors (Lipinski definition) is 4. The van der Waals surface area contributed by atoms with Crippen LogP contribution in [0.1, 0.15) is 46.5 Å². The molecule has 1 rings (SSSR count). The number of rotatable bonds is 11. The lowest BCUT2D eigenvalue weighted by atomic mass is 10.1. The lowest BCUT2D eigenvalue weighted by Gasteiger charge is -2.22. The first-order chi connectivity index (χ1) is 9.58. The van der Waals surface area contributed by atoms with Crippen LogP contribution in [0.2, 0.25) is 0 Å². The Hall–Kier alpha value is -0.160. The van der Waals surface area contributed by atoms with Crippen LogP contribution in [0.25, 0.3) is 0 Å². The van der Waals surface area contributed by atoms with Gasteiger partial charge >= 0.3 is 0 Å². The Bertz CT molecular complexity index is 231. The highest BCUT2D eigenvalue weighted by atomic mass is 16.5. The first-order valence-electron chi connectivity index (χ1n) is 8.29. The van der Waals surface area contributed by atoms with Crippen LogP contribution < -0.4 is 5.32 Å². The molecule has 2 unspecified atom stereocenters. The number of aliphatic hydroxyl groups is 1. The van der Waals surface area contributed by atoms with Gasteiger partial charge in [0.2, 0.25) is 0 Å². The average molecular weight is 286 g/mol. The van der Waals surface area contributed by atoms with Crippen molar-refractivity contribution in [2.45, 2.75) is 58.6 Å². The quantitative estimate of drug-likeness (QED) is 0.569. The number of likely N-dealkylation sites (tertiary alicyclic amines) is 1. The third kappa shape index (κ3) is 8.90. The average Bonchev–Trinajstić information content (AvgIpc) is 2.88. The maximum atomic E-state index is 9.87. The van der Waals surface area contributed by atoms with E-state index < -0.39 is 6.10 Å². The monoisotopic (exact) mass is 286 g/mol. The first kappa shape index (κ1) is 17.9. The van der Waals surface area contributed by atoms with Crippen LogP contribution in [-0.4, -0.2) is 61.5 Å². The molecule has 2 atom stereocenters. The highest BCUT2D eigenvalue weighted by molar-refractivity contribution is 4.73. The minimum absolute atomic E-state index is 0.393. The van der Waals surface area contributed by atoms with Crippen molar-refractivity contribution in [3.8, 4) is 0 Å². The van der Waals surface area contributed by atoms with E-state index in [9.17, 15) is 5.11 Å². The molecule has 0 aromatic heterocycles. The van der Waals surface area contributed by atoms with Crippen molar-refractivity contribution in [2.24, 2.45) is 5.92 Å². The Morgan fingerprint density at radius 2 is 1.90 bits per heavy atom. The summed E-state index contributed by atoms with van der Waals surface area (Å²) in [5.74, 6) is 0.733.